The van der Waals surface area contributed by atoms with E-state index in [0.29, 0.717) is 12.2 Å². The minimum Gasteiger partial charge on any atom is -0.462 e. The Morgan fingerprint density at radius 3 is 2.65 bits per heavy atom. The SMILES string of the molecule is CCOC(=O)c1cc(Br)cc(CC(=O)CCl)c1. The van der Waals surface area contributed by atoms with Crippen LogP contribution in [0.25, 0.3) is 0 Å². The van der Waals surface area contributed by atoms with Gasteiger partial charge in [-0.2, -0.15) is 0 Å². The molecule has 0 atom stereocenters. The molecule has 0 heterocycles. The number of alkyl halides is 1. The molecular weight excluding hydrogens is 307 g/mol. The molecule has 0 fully saturated rings. The summed E-state index contributed by atoms with van der Waals surface area (Å²) in [6, 6.07) is 5.09. The minimum atomic E-state index is -0.395. The van der Waals surface area contributed by atoms with Crippen LogP contribution in [0.4, 0.5) is 0 Å². The van der Waals surface area contributed by atoms with Crippen LogP contribution in [0.2, 0.25) is 0 Å². The Morgan fingerprint density at radius 2 is 2.06 bits per heavy atom. The van der Waals surface area contributed by atoms with Crippen molar-refractivity contribution < 1.29 is 14.3 Å². The fourth-order valence-corrected chi connectivity index (χ4v) is 1.99. The summed E-state index contributed by atoms with van der Waals surface area (Å²) in [5.41, 5.74) is 1.17. The van der Waals surface area contributed by atoms with E-state index in [1.54, 1.807) is 25.1 Å². The molecule has 0 aromatic heterocycles. The normalized spacial score (nSPS) is 10.1. The standard InChI is InChI=1S/C12H12BrClO3/c1-2-17-12(16)9-3-8(4-10(13)6-9)5-11(15)7-14/h3-4,6H,2,5,7H2,1H3. The van der Waals surface area contributed by atoms with Crippen LogP contribution in [0.1, 0.15) is 22.8 Å². The molecule has 0 radical (unpaired) electrons. The molecule has 5 heteroatoms. The first kappa shape index (κ1) is 14.2. The van der Waals surface area contributed by atoms with Crippen molar-refractivity contribution >= 4 is 39.3 Å². The minimum absolute atomic E-state index is 0.0265. The lowest BCUT2D eigenvalue weighted by Gasteiger charge is -2.05. The lowest BCUT2D eigenvalue weighted by atomic mass is 10.1. The van der Waals surface area contributed by atoms with Gasteiger partial charge in [0, 0.05) is 10.9 Å². The molecule has 3 nitrogen and oxygen atoms in total. The van der Waals surface area contributed by atoms with Gasteiger partial charge in [0.2, 0.25) is 0 Å². The molecule has 17 heavy (non-hydrogen) atoms. The molecule has 92 valence electrons. The van der Waals surface area contributed by atoms with Crippen LogP contribution in [0.5, 0.6) is 0 Å². The number of ketones is 1. The number of benzene rings is 1. The van der Waals surface area contributed by atoms with Gasteiger partial charge in [0.25, 0.3) is 0 Å². The van der Waals surface area contributed by atoms with Crippen LogP contribution < -0.4 is 0 Å². The smallest absolute Gasteiger partial charge is 0.338 e. The Bertz CT molecular complexity index is 432. The van der Waals surface area contributed by atoms with Crippen molar-refractivity contribution in [1.82, 2.24) is 0 Å². The number of Topliss-reactive ketones (excluding diaryl/α,β-unsaturated/α-hetero) is 1. The van der Waals surface area contributed by atoms with Crippen molar-refractivity contribution in [2.24, 2.45) is 0 Å². The van der Waals surface area contributed by atoms with Gasteiger partial charge in [0.15, 0.2) is 5.78 Å². The van der Waals surface area contributed by atoms with Crippen molar-refractivity contribution in [1.29, 1.82) is 0 Å². The van der Waals surface area contributed by atoms with E-state index in [1.807, 2.05) is 0 Å². The summed E-state index contributed by atoms with van der Waals surface area (Å²) in [6.07, 6.45) is 0.218. The number of rotatable bonds is 5. The molecule has 0 N–H and O–H groups in total. The lowest BCUT2D eigenvalue weighted by Crippen LogP contribution is -2.08. The number of carbonyl (C=O) groups excluding carboxylic acids is 2. The number of halogens is 2. The predicted molar refractivity (Wildman–Crippen MR) is 69.5 cm³/mol. The average molecular weight is 320 g/mol. The molecule has 1 aromatic rings. The summed E-state index contributed by atoms with van der Waals surface area (Å²) < 4.78 is 5.63. The topological polar surface area (TPSA) is 43.4 Å². The Hall–Kier alpha value is -0.870. The summed E-state index contributed by atoms with van der Waals surface area (Å²) in [5, 5.41) is 0. The van der Waals surface area contributed by atoms with E-state index < -0.39 is 5.97 Å². The summed E-state index contributed by atoms with van der Waals surface area (Å²) in [6.45, 7) is 2.06. The maximum Gasteiger partial charge on any atom is 0.338 e. The van der Waals surface area contributed by atoms with Gasteiger partial charge in [-0.1, -0.05) is 15.9 Å². The van der Waals surface area contributed by atoms with Gasteiger partial charge in [0.1, 0.15) is 0 Å². The van der Waals surface area contributed by atoms with Crippen LogP contribution in [-0.4, -0.2) is 24.2 Å². The zero-order valence-corrected chi connectivity index (χ0v) is 11.7. The van der Waals surface area contributed by atoms with Gasteiger partial charge in [-0.15, -0.1) is 11.6 Å². The van der Waals surface area contributed by atoms with E-state index in [4.69, 9.17) is 16.3 Å². The number of hydrogen-bond acceptors (Lipinski definition) is 3. The van der Waals surface area contributed by atoms with E-state index in [-0.39, 0.29) is 18.1 Å². The number of hydrogen-bond donors (Lipinski definition) is 0. The van der Waals surface area contributed by atoms with Crippen LogP contribution in [0.3, 0.4) is 0 Å². The molecule has 0 saturated carbocycles. The molecule has 0 aliphatic rings. The van der Waals surface area contributed by atoms with Gasteiger partial charge >= 0.3 is 5.97 Å². The van der Waals surface area contributed by atoms with E-state index in [2.05, 4.69) is 15.9 Å². The van der Waals surface area contributed by atoms with Gasteiger partial charge in [-0.05, 0) is 30.7 Å². The van der Waals surface area contributed by atoms with E-state index in [1.165, 1.54) is 0 Å². The highest BCUT2D eigenvalue weighted by Gasteiger charge is 2.10. The van der Waals surface area contributed by atoms with Gasteiger partial charge in [0.05, 0.1) is 18.1 Å². The van der Waals surface area contributed by atoms with Gasteiger partial charge < -0.3 is 4.74 Å². The van der Waals surface area contributed by atoms with Crippen molar-refractivity contribution in [3.8, 4) is 0 Å². The third-order valence-electron chi connectivity index (χ3n) is 2.02. The maximum absolute atomic E-state index is 11.6. The third-order valence-corrected chi connectivity index (χ3v) is 2.77. The molecule has 0 saturated heterocycles. The summed E-state index contributed by atoms with van der Waals surface area (Å²) in [7, 11) is 0. The van der Waals surface area contributed by atoms with E-state index >= 15 is 0 Å². The summed E-state index contributed by atoms with van der Waals surface area (Å²) in [5.74, 6) is -0.505. The average Bonchev–Trinajstić information content (AvgIpc) is 2.28. The molecule has 1 rings (SSSR count). The first-order chi connectivity index (χ1) is 8.06. The monoisotopic (exact) mass is 318 g/mol. The van der Waals surface area contributed by atoms with E-state index in [9.17, 15) is 9.59 Å². The first-order valence-corrected chi connectivity index (χ1v) is 6.43. The van der Waals surface area contributed by atoms with Crippen molar-refractivity contribution in [2.45, 2.75) is 13.3 Å². The zero-order chi connectivity index (χ0) is 12.8. The molecule has 0 unspecified atom stereocenters. The van der Waals surface area contributed by atoms with Crippen LogP contribution in [0.15, 0.2) is 22.7 Å². The maximum atomic E-state index is 11.6. The summed E-state index contributed by atoms with van der Waals surface area (Å²) >= 11 is 8.73. The van der Waals surface area contributed by atoms with Crippen LogP contribution >= 0.6 is 27.5 Å². The number of ether oxygens (including phenoxy) is 1. The fraction of sp³-hybridized carbons (Fsp3) is 0.333. The van der Waals surface area contributed by atoms with Crippen molar-refractivity contribution in [3.05, 3.63) is 33.8 Å². The highest BCUT2D eigenvalue weighted by Crippen LogP contribution is 2.17. The Kier molecular flexibility index (Phi) is 5.65. The Morgan fingerprint density at radius 1 is 1.35 bits per heavy atom. The highest BCUT2D eigenvalue weighted by atomic mass is 79.9. The highest BCUT2D eigenvalue weighted by molar-refractivity contribution is 9.10. The molecular formula is C12H12BrClO3. The second kappa shape index (κ2) is 6.77. The van der Waals surface area contributed by atoms with Crippen molar-refractivity contribution in [2.75, 3.05) is 12.5 Å². The molecule has 0 amide bonds. The Labute approximate surface area is 113 Å². The third kappa shape index (κ3) is 4.48. The van der Waals surface area contributed by atoms with Crippen LogP contribution in [0, 0.1) is 0 Å². The molecule has 0 aliphatic carbocycles. The number of esters is 1. The van der Waals surface area contributed by atoms with E-state index in [0.717, 1.165) is 10.0 Å². The summed E-state index contributed by atoms with van der Waals surface area (Å²) in [4.78, 5) is 22.8. The van der Waals surface area contributed by atoms with Crippen LogP contribution in [-0.2, 0) is 16.0 Å². The molecule has 0 bridgehead atoms. The zero-order valence-electron chi connectivity index (χ0n) is 9.33. The second-order valence-corrected chi connectivity index (χ2v) is 4.60. The Balaban J connectivity index is 2.93. The lowest BCUT2D eigenvalue weighted by molar-refractivity contribution is -0.116. The largest absolute Gasteiger partial charge is 0.462 e. The molecule has 0 spiro atoms. The van der Waals surface area contributed by atoms with Crippen molar-refractivity contribution in [3.63, 3.8) is 0 Å². The number of carbonyl (C=O) groups is 2. The fourth-order valence-electron chi connectivity index (χ4n) is 1.36. The first-order valence-electron chi connectivity index (χ1n) is 5.11. The molecule has 0 aliphatic heterocycles. The van der Waals surface area contributed by atoms with Gasteiger partial charge in [-0.25, -0.2) is 4.79 Å². The van der Waals surface area contributed by atoms with Gasteiger partial charge in [-0.3, -0.25) is 4.79 Å². The second-order valence-electron chi connectivity index (χ2n) is 3.42. The predicted octanol–water partition coefficient (Wildman–Crippen LogP) is 2.98. The molecule has 1 aromatic carbocycles. The quantitative estimate of drug-likeness (QED) is 0.619.